The largest absolute Gasteiger partial charge is 0.496 e. The Morgan fingerprint density at radius 1 is 1.14 bits per heavy atom. The highest BCUT2D eigenvalue weighted by atomic mass is 35.5. The second-order valence-electron chi connectivity index (χ2n) is 6.69. The maximum Gasteiger partial charge on any atom is 0.225 e. The molecule has 0 bridgehead atoms. The van der Waals surface area contributed by atoms with Gasteiger partial charge in [-0.25, -0.2) is 4.98 Å². The van der Waals surface area contributed by atoms with Gasteiger partial charge in [-0.1, -0.05) is 13.3 Å². The van der Waals surface area contributed by atoms with E-state index in [1.165, 1.54) is 0 Å². The maximum absolute atomic E-state index is 6.10. The highest BCUT2D eigenvalue weighted by Crippen LogP contribution is 2.32. The Hall–Kier alpha value is -2.58. The quantitative estimate of drug-likeness (QED) is 0.385. The molecule has 156 valence electrons. The summed E-state index contributed by atoms with van der Waals surface area (Å²) >= 11 is 6.10. The lowest BCUT2D eigenvalue weighted by atomic mass is 10.1. The molecule has 0 radical (unpaired) electrons. The molecule has 8 nitrogen and oxygen atoms in total. The zero-order chi connectivity index (χ0) is 20.8. The number of nitrogens with zero attached hydrogens (tertiary/aromatic N) is 4. The average molecular weight is 419 g/mol. The third-order valence-electron chi connectivity index (χ3n) is 4.57. The molecule has 2 N–H and O–H groups in total. The van der Waals surface area contributed by atoms with Gasteiger partial charge in [-0.3, -0.25) is 4.68 Å². The number of fused-ring (bicyclic) bond motifs is 1. The molecule has 0 unspecified atom stereocenters. The fourth-order valence-electron chi connectivity index (χ4n) is 3.18. The molecule has 3 aromatic rings. The predicted molar refractivity (Wildman–Crippen MR) is 115 cm³/mol. The molecule has 0 aliphatic rings. The van der Waals surface area contributed by atoms with Crippen molar-refractivity contribution in [2.75, 3.05) is 33.1 Å². The van der Waals surface area contributed by atoms with Gasteiger partial charge in [-0.05, 0) is 42.8 Å². The zero-order valence-corrected chi connectivity index (χ0v) is 18.0. The van der Waals surface area contributed by atoms with Gasteiger partial charge in [0.05, 0.1) is 32.5 Å². The standard InChI is InChI=1S/C20H27ClN6O2/c1-5-6-7-23-19-18-15(24-20(21)25-19)12-27(26-18)11-14-16(28-3)8-13(10-22-2)9-17(14)29-4/h8-9,12,22H,5-7,10-11H2,1-4H3,(H,23,24,25). The maximum atomic E-state index is 6.10. The number of rotatable bonds is 10. The van der Waals surface area contributed by atoms with E-state index in [1.54, 1.807) is 18.9 Å². The van der Waals surface area contributed by atoms with Crippen molar-refractivity contribution >= 4 is 28.5 Å². The summed E-state index contributed by atoms with van der Waals surface area (Å²) in [6.45, 7) is 4.13. The predicted octanol–water partition coefficient (Wildman–Crippen LogP) is 3.48. The van der Waals surface area contributed by atoms with Gasteiger partial charge in [0.1, 0.15) is 17.0 Å². The molecule has 3 rings (SSSR count). The number of methoxy groups -OCH3 is 2. The molecule has 0 saturated carbocycles. The molecule has 0 fully saturated rings. The molecule has 0 amide bonds. The number of ether oxygens (including phenoxy) is 2. The molecule has 1 aromatic carbocycles. The number of aromatic nitrogens is 4. The number of halogens is 1. The average Bonchev–Trinajstić information content (AvgIpc) is 3.11. The van der Waals surface area contributed by atoms with E-state index < -0.39 is 0 Å². The van der Waals surface area contributed by atoms with E-state index in [4.69, 9.17) is 21.1 Å². The van der Waals surface area contributed by atoms with Crippen molar-refractivity contribution in [2.45, 2.75) is 32.9 Å². The number of hydrogen-bond acceptors (Lipinski definition) is 7. The molecule has 0 atom stereocenters. The number of nitrogens with one attached hydrogen (secondary N) is 2. The van der Waals surface area contributed by atoms with Crippen molar-refractivity contribution in [1.82, 2.24) is 25.1 Å². The van der Waals surface area contributed by atoms with Crippen LogP contribution in [0.15, 0.2) is 18.3 Å². The first-order valence-corrected chi connectivity index (χ1v) is 10.00. The normalized spacial score (nSPS) is 11.1. The van der Waals surface area contributed by atoms with Crippen molar-refractivity contribution < 1.29 is 9.47 Å². The lowest BCUT2D eigenvalue weighted by Crippen LogP contribution is -2.09. The van der Waals surface area contributed by atoms with Gasteiger partial charge in [0.2, 0.25) is 5.28 Å². The molecule has 29 heavy (non-hydrogen) atoms. The molecule has 0 saturated heterocycles. The smallest absolute Gasteiger partial charge is 0.225 e. The van der Waals surface area contributed by atoms with Crippen LogP contribution in [0.3, 0.4) is 0 Å². The van der Waals surface area contributed by atoms with E-state index in [0.717, 1.165) is 48.6 Å². The van der Waals surface area contributed by atoms with Crippen molar-refractivity contribution in [1.29, 1.82) is 0 Å². The lowest BCUT2D eigenvalue weighted by Gasteiger charge is -2.15. The Balaban J connectivity index is 1.97. The van der Waals surface area contributed by atoms with E-state index >= 15 is 0 Å². The third kappa shape index (κ3) is 4.89. The number of hydrogen-bond donors (Lipinski definition) is 2. The Labute approximate surface area is 175 Å². The molecule has 9 heteroatoms. The summed E-state index contributed by atoms with van der Waals surface area (Å²) in [7, 11) is 5.21. The fourth-order valence-corrected chi connectivity index (χ4v) is 3.36. The van der Waals surface area contributed by atoms with Gasteiger partial charge in [0, 0.05) is 13.1 Å². The minimum atomic E-state index is 0.197. The van der Waals surface area contributed by atoms with E-state index in [2.05, 4.69) is 32.6 Å². The molecular weight excluding hydrogens is 392 g/mol. The van der Waals surface area contributed by atoms with Gasteiger partial charge >= 0.3 is 0 Å². The van der Waals surface area contributed by atoms with Gasteiger partial charge in [-0.15, -0.1) is 0 Å². The first-order valence-electron chi connectivity index (χ1n) is 9.62. The van der Waals surface area contributed by atoms with Crippen LogP contribution >= 0.6 is 11.6 Å². The number of benzene rings is 1. The Morgan fingerprint density at radius 2 is 1.86 bits per heavy atom. The van der Waals surface area contributed by atoms with Crippen molar-refractivity contribution in [3.05, 3.63) is 34.7 Å². The van der Waals surface area contributed by atoms with Crippen molar-refractivity contribution in [3.63, 3.8) is 0 Å². The monoisotopic (exact) mass is 418 g/mol. The summed E-state index contributed by atoms with van der Waals surface area (Å²) in [6.07, 6.45) is 3.98. The van der Waals surface area contributed by atoms with E-state index in [1.807, 2.05) is 25.4 Å². The summed E-state index contributed by atoms with van der Waals surface area (Å²) in [5.74, 6) is 2.15. The summed E-state index contributed by atoms with van der Waals surface area (Å²) < 4.78 is 13.0. The van der Waals surface area contributed by atoms with Gasteiger partial charge in [-0.2, -0.15) is 10.1 Å². The van der Waals surface area contributed by atoms with Crippen molar-refractivity contribution in [3.8, 4) is 11.5 Å². The third-order valence-corrected chi connectivity index (χ3v) is 4.74. The highest BCUT2D eigenvalue weighted by molar-refractivity contribution is 6.28. The fraction of sp³-hybridized carbons (Fsp3) is 0.450. The molecule has 2 heterocycles. The minimum Gasteiger partial charge on any atom is -0.496 e. The van der Waals surface area contributed by atoms with Crippen LogP contribution in [0.4, 0.5) is 5.82 Å². The second kappa shape index (κ2) is 9.76. The van der Waals surface area contributed by atoms with Crippen LogP contribution in [0.2, 0.25) is 5.28 Å². The van der Waals surface area contributed by atoms with Crippen LogP contribution in [0.5, 0.6) is 11.5 Å². The van der Waals surface area contributed by atoms with Gasteiger partial charge < -0.3 is 20.1 Å². The SMILES string of the molecule is CCCCNc1nc(Cl)nc2cn(Cc3c(OC)cc(CNC)cc3OC)nc12. The van der Waals surface area contributed by atoms with Crippen LogP contribution < -0.4 is 20.1 Å². The van der Waals surface area contributed by atoms with E-state index in [9.17, 15) is 0 Å². The van der Waals surface area contributed by atoms with Gasteiger partial charge in [0.25, 0.3) is 0 Å². The summed E-state index contributed by atoms with van der Waals surface area (Å²) in [4.78, 5) is 8.61. The summed E-state index contributed by atoms with van der Waals surface area (Å²) in [6, 6.07) is 4.01. The second-order valence-corrected chi connectivity index (χ2v) is 7.03. The molecule has 2 aromatic heterocycles. The van der Waals surface area contributed by atoms with E-state index in [-0.39, 0.29) is 5.28 Å². The summed E-state index contributed by atoms with van der Waals surface area (Å²) in [5.41, 5.74) is 3.36. The minimum absolute atomic E-state index is 0.197. The first kappa shape index (κ1) is 21.1. The van der Waals surface area contributed by atoms with Crippen LogP contribution in [-0.4, -0.2) is 47.6 Å². The number of unbranched alkanes of at least 4 members (excludes halogenated alkanes) is 1. The molecule has 0 aliphatic carbocycles. The van der Waals surface area contributed by atoms with Crippen LogP contribution in [0.25, 0.3) is 11.0 Å². The zero-order valence-electron chi connectivity index (χ0n) is 17.3. The molecule has 0 aliphatic heterocycles. The van der Waals surface area contributed by atoms with E-state index in [0.29, 0.717) is 23.4 Å². The van der Waals surface area contributed by atoms with Crippen molar-refractivity contribution in [2.24, 2.45) is 0 Å². The first-order chi connectivity index (χ1) is 14.1. The Kier molecular flexibility index (Phi) is 7.11. The Bertz CT molecular complexity index is 950. The van der Waals surface area contributed by atoms with Crippen LogP contribution in [0, 0.1) is 0 Å². The number of anilines is 1. The van der Waals surface area contributed by atoms with Gasteiger partial charge in [0.15, 0.2) is 11.3 Å². The van der Waals surface area contributed by atoms with Crippen LogP contribution in [0.1, 0.15) is 30.9 Å². The molecular formula is C20H27ClN6O2. The Morgan fingerprint density at radius 3 is 2.48 bits per heavy atom. The summed E-state index contributed by atoms with van der Waals surface area (Å²) in [5, 5.41) is 11.3. The lowest BCUT2D eigenvalue weighted by molar-refractivity contribution is 0.381. The molecule has 0 spiro atoms. The topological polar surface area (TPSA) is 86.1 Å². The van der Waals surface area contributed by atoms with Crippen LogP contribution in [-0.2, 0) is 13.1 Å². The highest BCUT2D eigenvalue weighted by Gasteiger charge is 2.16.